The van der Waals surface area contributed by atoms with Crippen molar-refractivity contribution in [3.8, 4) is 0 Å². The molecular weight excluding hydrogens is 200 g/mol. The molecule has 2 nitrogen and oxygen atoms in total. The summed E-state index contributed by atoms with van der Waals surface area (Å²) >= 11 is 0. The maximum atomic E-state index is 11.6. The highest BCUT2D eigenvalue weighted by atomic mass is 16.5. The van der Waals surface area contributed by atoms with Gasteiger partial charge in [0.25, 0.3) is 0 Å². The Labute approximate surface area is 98.1 Å². The highest BCUT2D eigenvalue weighted by molar-refractivity contribution is 5.72. The molecular formula is C14H22O2. The molecule has 2 rings (SSSR count). The Bertz CT molecular complexity index is 308. The lowest BCUT2D eigenvalue weighted by atomic mass is 9.63. The van der Waals surface area contributed by atoms with Gasteiger partial charge in [-0.05, 0) is 49.9 Å². The van der Waals surface area contributed by atoms with Gasteiger partial charge in [0.1, 0.15) is 0 Å². The zero-order chi connectivity index (χ0) is 11.8. The first-order valence-electron chi connectivity index (χ1n) is 6.36. The molecule has 0 aliphatic heterocycles. The molecule has 0 aromatic heterocycles. The normalized spacial score (nSPS) is 39.0. The molecule has 1 spiro atoms. The van der Waals surface area contributed by atoms with E-state index < -0.39 is 0 Å². The van der Waals surface area contributed by atoms with Crippen molar-refractivity contribution in [3.63, 3.8) is 0 Å². The van der Waals surface area contributed by atoms with Crippen LogP contribution >= 0.6 is 0 Å². The Kier molecular flexibility index (Phi) is 3.09. The van der Waals surface area contributed by atoms with Crippen molar-refractivity contribution in [3.05, 3.63) is 12.2 Å². The number of hydrogen-bond donors (Lipinski definition) is 0. The lowest BCUT2D eigenvalue weighted by molar-refractivity contribution is -0.145. The lowest BCUT2D eigenvalue weighted by Gasteiger charge is -2.42. The molecule has 2 aliphatic rings. The van der Waals surface area contributed by atoms with Crippen LogP contribution < -0.4 is 0 Å². The molecule has 2 heteroatoms. The number of methoxy groups -OCH3 is 1. The third kappa shape index (κ3) is 1.68. The average molecular weight is 222 g/mol. The first-order valence-corrected chi connectivity index (χ1v) is 6.36. The van der Waals surface area contributed by atoms with Crippen molar-refractivity contribution >= 4 is 5.97 Å². The van der Waals surface area contributed by atoms with Crippen LogP contribution in [0.3, 0.4) is 0 Å². The van der Waals surface area contributed by atoms with Gasteiger partial charge in [0, 0.05) is 0 Å². The van der Waals surface area contributed by atoms with Crippen LogP contribution in [0.4, 0.5) is 0 Å². The van der Waals surface area contributed by atoms with Crippen molar-refractivity contribution < 1.29 is 9.53 Å². The molecule has 2 fully saturated rings. The number of carbonyl (C=O) groups is 1. The van der Waals surface area contributed by atoms with Crippen molar-refractivity contribution in [2.75, 3.05) is 7.11 Å². The highest BCUT2D eigenvalue weighted by Crippen LogP contribution is 2.56. The number of ether oxygens (including phenoxy) is 1. The Morgan fingerprint density at radius 3 is 2.88 bits per heavy atom. The zero-order valence-electron chi connectivity index (χ0n) is 10.4. The first-order chi connectivity index (χ1) is 7.60. The molecule has 0 aromatic carbocycles. The van der Waals surface area contributed by atoms with Crippen LogP contribution in [0.2, 0.25) is 0 Å². The molecule has 90 valence electrons. The van der Waals surface area contributed by atoms with Gasteiger partial charge < -0.3 is 4.74 Å². The van der Waals surface area contributed by atoms with Crippen LogP contribution in [0, 0.1) is 17.3 Å². The minimum absolute atomic E-state index is 0.0255. The molecule has 0 radical (unpaired) electrons. The Hall–Kier alpha value is -0.790. The molecule has 3 atom stereocenters. The van der Waals surface area contributed by atoms with Crippen LogP contribution in [0.1, 0.15) is 45.4 Å². The van der Waals surface area contributed by atoms with Gasteiger partial charge in [0.15, 0.2) is 0 Å². The summed E-state index contributed by atoms with van der Waals surface area (Å²) in [5, 5.41) is 0. The third-order valence-corrected chi connectivity index (χ3v) is 4.85. The van der Waals surface area contributed by atoms with Gasteiger partial charge in [-0.25, -0.2) is 0 Å². The molecule has 0 N–H and O–H groups in total. The van der Waals surface area contributed by atoms with Gasteiger partial charge in [0.05, 0.1) is 13.0 Å². The minimum Gasteiger partial charge on any atom is -0.469 e. The second-order valence-electron chi connectivity index (χ2n) is 5.52. The van der Waals surface area contributed by atoms with E-state index in [2.05, 4.69) is 13.5 Å². The molecule has 0 saturated heterocycles. The van der Waals surface area contributed by atoms with E-state index in [0.717, 1.165) is 25.7 Å². The maximum Gasteiger partial charge on any atom is 0.308 e. The van der Waals surface area contributed by atoms with Gasteiger partial charge in [0.2, 0.25) is 0 Å². The van der Waals surface area contributed by atoms with E-state index >= 15 is 0 Å². The molecule has 2 saturated carbocycles. The predicted molar refractivity (Wildman–Crippen MR) is 63.9 cm³/mol. The lowest BCUT2D eigenvalue weighted by Crippen LogP contribution is -2.32. The van der Waals surface area contributed by atoms with Crippen LogP contribution in [-0.2, 0) is 9.53 Å². The Balaban J connectivity index is 2.14. The van der Waals surface area contributed by atoms with Crippen LogP contribution in [0.25, 0.3) is 0 Å². The van der Waals surface area contributed by atoms with E-state index in [1.165, 1.54) is 25.5 Å². The maximum absolute atomic E-state index is 11.6. The van der Waals surface area contributed by atoms with Crippen molar-refractivity contribution in [2.24, 2.45) is 17.3 Å². The largest absolute Gasteiger partial charge is 0.469 e. The molecule has 0 aromatic rings. The number of esters is 1. The second kappa shape index (κ2) is 4.23. The highest BCUT2D eigenvalue weighted by Gasteiger charge is 2.48. The van der Waals surface area contributed by atoms with Crippen LogP contribution in [0.5, 0.6) is 0 Å². The SMILES string of the molecule is C=C1CCC[C@H](C)[C@@]12CC[C@@H](C(=O)OC)C2. The summed E-state index contributed by atoms with van der Waals surface area (Å²) in [6, 6.07) is 0. The van der Waals surface area contributed by atoms with E-state index in [9.17, 15) is 4.79 Å². The van der Waals surface area contributed by atoms with Crippen molar-refractivity contribution in [1.82, 2.24) is 0 Å². The number of rotatable bonds is 1. The Morgan fingerprint density at radius 2 is 2.25 bits per heavy atom. The molecule has 0 heterocycles. The van der Waals surface area contributed by atoms with Crippen molar-refractivity contribution in [1.29, 1.82) is 0 Å². The third-order valence-electron chi connectivity index (χ3n) is 4.85. The molecule has 16 heavy (non-hydrogen) atoms. The quantitative estimate of drug-likeness (QED) is 0.502. The van der Waals surface area contributed by atoms with E-state index in [1.807, 2.05) is 0 Å². The fourth-order valence-corrected chi connectivity index (χ4v) is 3.71. The minimum atomic E-state index is -0.0255. The van der Waals surface area contributed by atoms with Gasteiger partial charge in [-0.3, -0.25) is 4.79 Å². The monoisotopic (exact) mass is 222 g/mol. The fraction of sp³-hybridized carbons (Fsp3) is 0.786. The van der Waals surface area contributed by atoms with Gasteiger partial charge in [-0.1, -0.05) is 19.1 Å². The fourth-order valence-electron chi connectivity index (χ4n) is 3.71. The standard InChI is InChI=1S/C14H22O2/c1-10-5-4-6-11(2)14(10)8-7-12(9-14)13(15)16-3/h11-12H,1,4-9H2,2-3H3/t11-,12+,14+/m0/s1. The topological polar surface area (TPSA) is 26.3 Å². The molecule has 0 unspecified atom stereocenters. The summed E-state index contributed by atoms with van der Waals surface area (Å²) in [4.78, 5) is 11.6. The van der Waals surface area contributed by atoms with Gasteiger partial charge in [-0.15, -0.1) is 0 Å². The predicted octanol–water partition coefficient (Wildman–Crippen LogP) is 3.32. The Morgan fingerprint density at radius 1 is 1.50 bits per heavy atom. The molecule has 0 bridgehead atoms. The summed E-state index contributed by atoms with van der Waals surface area (Å²) in [5.41, 5.74) is 1.63. The summed E-state index contributed by atoms with van der Waals surface area (Å²) in [5.74, 6) is 0.771. The van der Waals surface area contributed by atoms with Gasteiger partial charge in [-0.2, -0.15) is 0 Å². The van der Waals surface area contributed by atoms with Crippen LogP contribution in [-0.4, -0.2) is 13.1 Å². The number of hydrogen-bond acceptors (Lipinski definition) is 2. The first kappa shape index (κ1) is 11.7. The molecule has 0 amide bonds. The van der Waals surface area contributed by atoms with Crippen LogP contribution in [0.15, 0.2) is 12.2 Å². The summed E-state index contributed by atoms with van der Waals surface area (Å²) in [6.07, 6.45) is 6.79. The number of carbonyl (C=O) groups excluding carboxylic acids is 1. The van der Waals surface area contributed by atoms with E-state index in [1.54, 1.807) is 0 Å². The van der Waals surface area contributed by atoms with Crippen molar-refractivity contribution in [2.45, 2.75) is 45.4 Å². The smallest absolute Gasteiger partial charge is 0.308 e. The van der Waals surface area contributed by atoms with E-state index in [-0.39, 0.29) is 17.3 Å². The van der Waals surface area contributed by atoms with E-state index in [4.69, 9.17) is 4.74 Å². The van der Waals surface area contributed by atoms with Gasteiger partial charge >= 0.3 is 5.97 Å². The second-order valence-corrected chi connectivity index (χ2v) is 5.52. The average Bonchev–Trinajstić information content (AvgIpc) is 2.72. The summed E-state index contributed by atoms with van der Waals surface area (Å²) in [7, 11) is 1.49. The zero-order valence-corrected chi connectivity index (χ0v) is 10.4. The summed E-state index contributed by atoms with van der Waals surface area (Å²) in [6.45, 7) is 6.59. The molecule has 2 aliphatic carbocycles. The van der Waals surface area contributed by atoms with E-state index in [0.29, 0.717) is 5.92 Å². The number of allylic oxidation sites excluding steroid dienone is 1. The summed E-state index contributed by atoms with van der Waals surface area (Å²) < 4.78 is 4.87.